The number of ether oxygens (including phenoxy) is 3. The lowest BCUT2D eigenvalue weighted by Gasteiger charge is -2.31. The summed E-state index contributed by atoms with van der Waals surface area (Å²) in [4.78, 5) is 22.9. The lowest BCUT2D eigenvalue weighted by Crippen LogP contribution is -2.48. The van der Waals surface area contributed by atoms with E-state index in [2.05, 4.69) is 9.97 Å². The number of carbonyl (C=O) groups is 1. The van der Waals surface area contributed by atoms with Gasteiger partial charge in [0.15, 0.2) is 0 Å². The van der Waals surface area contributed by atoms with E-state index in [1.165, 1.54) is 0 Å². The second-order valence-electron chi connectivity index (χ2n) is 7.42. The number of hydrogen-bond acceptors (Lipinski definition) is 6. The van der Waals surface area contributed by atoms with Crippen LogP contribution in [0.25, 0.3) is 10.9 Å². The standard InChI is InChI=1S/C22H20ClN3O4/c23-20-9-17-16(7-4-8-24-17)21(25-20)28-13-15-11-26(18-10-19(18)30-15)22(27)29-12-14-5-2-1-3-6-14/h1-9,15,18-19H,10-13H2/t15-,18+,19-/m0/s1. The molecule has 3 aromatic rings. The fraction of sp³-hybridized carbons (Fsp3) is 0.318. The first-order valence-corrected chi connectivity index (χ1v) is 10.2. The molecule has 0 unspecified atom stereocenters. The molecule has 2 fully saturated rings. The molecule has 7 nitrogen and oxygen atoms in total. The number of nitrogens with zero attached hydrogens (tertiary/aromatic N) is 3. The quantitative estimate of drug-likeness (QED) is 0.578. The summed E-state index contributed by atoms with van der Waals surface area (Å²) in [6, 6.07) is 15.1. The van der Waals surface area contributed by atoms with Crippen molar-refractivity contribution in [2.75, 3.05) is 13.2 Å². The van der Waals surface area contributed by atoms with Crippen LogP contribution in [-0.4, -0.2) is 52.4 Å². The van der Waals surface area contributed by atoms with E-state index >= 15 is 0 Å². The first-order chi connectivity index (χ1) is 14.7. The normalized spacial score (nSPS) is 22.4. The number of amides is 1. The van der Waals surface area contributed by atoms with Crippen LogP contribution in [0.1, 0.15) is 12.0 Å². The van der Waals surface area contributed by atoms with Crippen LogP contribution in [0.4, 0.5) is 4.79 Å². The Bertz CT molecular complexity index is 1060. The summed E-state index contributed by atoms with van der Waals surface area (Å²) in [5, 5.41) is 1.09. The summed E-state index contributed by atoms with van der Waals surface area (Å²) in [5.74, 6) is 0.408. The number of fused-ring (bicyclic) bond motifs is 2. The molecule has 1 saturated carbocycles. The van der Waals surface area contributed by atoms with Gasteiger partial charge in [0.1, 0.15) is 24.5 Å². The Morgan fingerprint density at radius 1 is 1.23 bits per heavy atom. The zero-order chi connectivity index (χ0) is 20.5. The molecule has 0 N–H and O–H groups in total. The third kappa shape index (κ3) is 4.04. The molecular weight excluding hydrogens is 406 g/mol. The van der Waals surface area contributed by atoms with Crippen molar-refractivity contribution in [1.29, 1.82) is 0 Å². The van der Waals surface area contributed by atoms with Crippen LogP contribution < -0.4 is 4.74 Å². The molecular formula is C22H20ClN3O4. The van der Waals surface area contributed by atoms with E-state index < -0.39 is 0 Å². The predicted molar refractivity (Wildman–Crippen MR) is 110 cm³/mol. The highest BCUT2D eigenvalue weighted by Crippen LogP contribution is 2.37. The van der Waals surface area contributed by atoms with Crippen molar-refractivity contribution >= 4 is 28.6 Å². The van der Waals surface area contributed by atoms with Gasteiger partial charge in [0.2, 0.25) is 5.88 Å². The molecule has 154 valence electrons. The molecule has 0 spiro atoms. The minimum absolute atomic E-state index is 0.0300. The van der Waals surface area contributed by atoms with Gasteiger partial charge in [-0.05, 0) is 24.1 Å². The van der Waals surface area contributed by atoms with Crippen LogP contribution in [0.5, 0.6) is 5.88 Å². The van der Waals surface area contributed by atoms with E-state index in [0.717, 1.165) is 17.4 Å². The van der Waals surface area contributed by atoms with Gasteiger partial charge in [-0.2, -0.15) is 0 Å². The van der Waals surface area contributed by atoms with E-state index in [1.54, 1.807) is 17.2 Å². The fourth-order valence-electron chi connectivity index (χ4n) is 3.68. The lowest BCUT2D eigenvalue weighted by atomic mass is 10.2. The van der Waals surface area contributed by atoms with E-state index in [4.69, 9.17) is 25.8 Å². The molecule has 1 amide bonds. The largest absolute Gasteiger partial charge is 0.474 e. The number of carbonyl (C=O) groups excluding carboxylic acids is 1. The second kappa shape index (κ2) is 8.08. The summed E-state index contributed by atoms with van der Waals surface area (Å²) in [5.41, 5.74) is 1.67. The SMILES string of the molecule is O=C(OCc1ccccc1)N1C[C@@H](COc2nc(Cl)cc3ncccc23)O[C@H]2C[C@H]21. The van der Waals surface area contributed by atoms with E-state index in [0.29, 0.717) is 23.1 Å². The van der Waals surface area contributed by atoms with Crippen LogP contribution in [0, 0.1) is 0 Å². The molecule has 1 aliphatic heterocycles. The monoisotopic (exact) mass is 425 g/mol. The minimum atomic E-state index is -0.324. The molecule has 1 saturated heterocycles. The molecule has 5 rings (SSSR count). The third-order valence-electron chi connectivity index (χ3n) is 5.25. The highest BCUT2D eigenvalue weighted by molar-refractivity contribution is 6.30. The van der Waals surface area contributed by atoms with Crippen LogP contribution in [0.15, 0.2) is 54.7 Å². The first kappa shape index (κ1) is 19.1. The molecule has 2 aromatic heterocycles. The van der Waals surface area contributed by atoms with Crippen molar-refractivity contribution in [2.24, 2.45) is 0 Å². The molecule has 1 aliphatic carbocycles. The summed E-state index contributed by atoms with van der Waals surface area (Å²) in [6.45, 7) is 0.912. The van der Waals surface area contributed by atoms with Gasteiger partial charge in [-0.1, -0.05) is 41.9 Å². The zero-order valence-corrected chi connectivity index (χ0v) is 16.9. The molecule has 2 aliphatic rings. The minimum Gasteiger partial charge on any atom is -0.474 e. The van der Waals surface area contributed by atoms with Gasteiger partial charge < -0.3 is 14.2 Å². The predicted octanol–water partition coefficient (Wildman–Crippen LogP) is 3.84. The Hall–Kier alpha value is -2.90. The first-order valence-electron chi connectivity index (χ1n) is 9.84. The maximum Gasteiger partial charge on any atom is 0.410 e. The number of benzene rings is 1. The zero-order valence-electron chi connectivity index (χ0n) is 16.1. The summed E-state index contributed by atoms with van der Waals surface area (Å²) >= 11 is 6.09. The summed E-state index contributed by atoms with van der Waals surface area (Å²) < 4.78 is 17.4. The van der Waals surface area contributed by atoms with Crippen molar-refractivity contribution in [3.05, 3.63) is 65.4 Å². The average molecular weight is 426 g/mol. The molecule has 0 bridgehead atoms. The van der Waals surface area contributed by atoms with Gasteiger partial charge in [0.25, 0.3) is 0 Å². The van der Waals surface area contributed by atoms with Gasteiger partial charge in [0.05, 0.1) is 29.6 Å². The van der Waals surface area contributed by atoms with Crippen molar-refractivity contribution < 1.29 is 19.0 Å². The Kier molecular flexibility index (Phi) is 5.14. The van der Waals surface area contributed by atoms with Crippen molar-refractivity contribution in [3.8, 4) is 5.88 Å². The van der Waals surface area contributed by atoms with Crippen molar-refractivity contribution in [2.45, 2.75) is 31.3 Å². The Morgan fingerprint density at radius 3 is 2.97 bits per heavy atom. The highest BCUT2D eigenvalue weighted by atomic mass is 35.5. The van der Waals surface area contributed by atoms with E-state index in [-0.39, 0.29) is 37.6 Å². The van der Waals surface area contributed by atoms with Gasteiger partial charge in [-0.15, -0.1) is 0 Å². The maximum atomic E-state index is 12.6. The molecule has 1 aromatic carbocycles. The molecule has 8 heteroatoms. The van der Waals surface area contributed by atoms with Crippen LogP contribution >= 0.6 is 11.6 Å². The number of rotatable bonds is 5. The number of aromatic nitrogens is 2. The van der Waals surface area contributed by atoms with Crippen molar-refractivity contribution in [3.63, 3.8) is 0 Å². The van der Waals surface area contributed by atoms with Crippen LogP contribution in [-0.2, 0) is 16.1 Å². The Balaban J connectivity index is 1.22. The summed E-state index contributed by atoms with van der Waals surface area (Å²) in [6.07, 6.45) is 1.95. The number of hydrogen-bond donors (Lipinski definition) is 0. The summed E-state index contributed by atoms with van der Waals surface area (Å²) in [7, 11) is 0. The van der Waals surface area contributed by atoms with Crippen LogP contribution in [0.3, 0.4) is 0 Å². The second-order valence-corrected chi connectivity index (χ2v) is 7.81. The van der Waals surface area contributed by atoms with Gasteiger partial charge in [-0.25, -0.2) is 9.78 Å². The van der Waals surface area contributed by atoms with E-state index in [9.17, 15) is 4.79 Å². The highest BCUT2D eigenvalue weighted by Gasteiger charge is 2.51. The molecule has 0 radical (unpaired) electrons. The third-order valence-corrected chi connectivity index (χ3v) is 5.44. The number of morpholine rings is 1. The van der Waals surface area contributed by atoms with Gasteiger partial charge in [0, 0.05) is 12.3 Å². The number of halogens is 1. The molecule has 30 heavy (non-hydrogen) atoms. The van der Waals surface area contributed by atoms with Crippen molar-refractivity contribution in [1.82, 2.24) is 14.9 Å². The topological polar surface area (TPSA) is 73.8 Å². The number of pyridine rings is 2. The molecule has 3 heterocycles. The molecule has 3 atom stereocenters. The van der Waals surface area contributed by atoms with Gasteiger partial charge in [-0.3, -0.25) is 9.88 Å². The Morgan fingerprint density at radius 2 is 2.10 bits per heavy atom. The average Bonchev–Trinajstić information content (AvgIpc) is 3.55. The maximum absolute atomic E-state index is 12.6. The van der Waals surface area contributed by atoms with E-state index in [1.807, 2.05) is 42.5 Å². The fourth-order valence-corrected chi connectivity index (χ4v) is 3.86. The van der Waals surface area contributed by atoms with Crippen LogP contribution in [0.2, 0.25) is 5.15 Å². The van der Waals surface area contributed by atoms with Gasteiger partial charge >= 0.3 is 6.09 Å². The lowest BCUT2D eigenvalue weighted by molar-refractivity contribution is -0.0520. The smallest absolute Gasteiger partial charge is 0.410 e. The Labute approximate surface area is 178 Å².